The molecule has 0 aliphatic heterocycles. The molecule has 0 fully saturated rings. The van der Waals surface area contributed by atoms with Crippen molar-refractivity contribution in [1.29, 1.82) is 0 Å². The topological polar surface area (TPSA) is 71.1 Å². The molecular weight excluding hydrogens is 262 g/mol. The molecule has 0 bridgehead atoms. The predicted octanol–water partition coefficient (Wildman–Crippen LogP) is 2.23. The van der Waals surface area contributed by atoms with Crippen LogP contribution in [0.1, 0.15) is 33.1 Å². The molecule has 0 atom stereocenters. The van der Waals surface area contributed by atoms with Crippen LogP contribution in [-0.2, 0) is 10.0 Å². The van der Waals surface area contributed by atoms with E-state index >= 15 is 0 Å². The number of hydrogen-bond donors (Lipinski definition) is 2. The zero-order valence-electron chi connectivity index (χ0n) is 11.8. The second-order valence-corrected chi connectivity index (χ2v) is 6.68. The van der Waals surface area contributed by atoms with Crippen LogP contribution in [0.15, 0.2) is 23.2 Å². The van der Waals surface area contributed by atoms with Crippen LogP contribution in [0, 0.1) is 5.92 Å². The molecule has 0 saturated heterocycles. The summed E-state index contributed by atoms with van der Waals surface area (Å²) in [6.07, 6.45) is 4.39. The molecule has 1 aromatic rings. The fourth-order valence-corrected chi connectivity index (χ4v) is 2.67. The zero-order chi connectivity index (χ0) is 14.3. The summed E-state index contributed by atoms with van der Waals surface area (Å²) in [5, 5.41) is 2.85. The number of sulfonamides is 1. The molecule has 0 aliphatic rings. The monoisotopic (exact) mass is 285 g/mol. The number of hydrogen-bond acceptors (Lipinski definition) is 4. The number of nitrogens with one attached hydrogen (secondary N) is 2. The molecule has 0 aromatic carbocycles. The zero-order valence-corrected chi connectivity index (χ0v) is 12.6. The molecule has 19 heavy (non-hydrogen) atoms. The van der Waals surface area contributed by atoms with E-state index in [1.54, 1.807) is 19.2 Å². The summed E-state index contributed by atoms with van der Waals surface area (Å²) in [6.45, 7) is 4.81. The fourth-order valence-electron chi connectivity index (χ4n) is 1.65. The molecule has 5 nitrogen and oxygen atoms in total. The van der Waals surface area contributed by atoms with E-state index in [0.29, 0.717) is 18.3 Å². The highest BCUT2D eigenvalue weighted by Gasteiger charge is 2.13. The van der Waals surface area contributed by atoms with E-state index in [0.717, 1.165) is 19.3 Å². The highest BCUT2D eigenvalue weighted by molar-refractivity contribution is 7.89. The van der Waals surface area contributed by atoms with E-state index in [2.05, 4.69) is 28.9 Å². The number of nitrogens with zero attached hydrogens (tertiary/aromatic N) is 1. The minimum Gasteiger partial charge on any atom is -0.373 e. The van der Waals surface area contributed by atoms with E-state index < -0.39 is 10.0 Å². The van der Waals surface area contributed by atoms with E-state index in [4.69, 9.17) is 0 Å². The SMILES string of the molecule is CNc1ccc(S(=O)(=O)NCCCCC(C)C)cn1. The second kappa shape index (κ2) is 7.45. The van der Waals surface area contributed by atoms with Crippen molar-refractivity contribution in [1.82, 2.24) is 9.71 Å². The number of unbranched alkanes of at least 4 members (excludes halogenated alkanes) is 1. The van der Waals surface area contributed by atoms with Gasteiger partial charge in [-0.25, -0.2) is 18.1 Å². The molecule has 0 aliphatic carbocycles. The summed E-state index contributed by atoms with van der Waals surface area (Å²) in [7, 11) is -1.69. The van der Waals surface area contributed by atoms with Crippen LogP contribution < -0.4 is 10.0 Å². The van der Waals surface area contributed by atoms with Gasteiger partial charge in [0.25, 0.3) is 0 Å². The van der Waals surface area contributed by atoms with Crippen molar-refractivity contribution in [3.63, 3.8) is 0 Å². The molecule has 0 radical (unpaired) electrons. The van der Waals surface area contributed by atoms with Gasteiger partial charge in [-0.15, -0.1) is 0 Å². The average molecular weight is 285 g/mol. The van der Waals surface area contributed by atoms with E-state index in [1.807, 2.05) is 0 Å². The minimum atomic E-state index is -3.43. The molecular formula is C13H23N3O2S. The molecule has 6 heteroatoms. The van der Waals surface area contributed by atoms with E-state index in [9.17, 15) is 8.42 Å². The Morgan fingerprint density at radius 3 is 2.53 bits per heavy atom. The summed E-state index contributed by atoms with van der Waals surface area (Å²) in [6, 6.07) is 3.20. The molecule has 0 unspecified atom stereocenters. The quantitative estimate of drug-likeness (QED) is 0.719. The van der Waals surface area contributed by atoms with Gasteiger partial charge in [0.2, 0.25) is 10.0 Å². The normalized spacial score (nSPS) is 11.8. The van der Waals surface area contributed by atoms with Crippen LogP contribution >= 0.6 is 0 Å². The lowest BCUT2D eigenvalue weighted by Crippen LogP contribution is -2.25. The largest absolute Gasteiger partial charge is 0.373 e. The Bertz CT molecular complexity index is 469. The van der Waals surface area contributed by atoms with Crippen LogP contribution in [0.4, 0.5) is 5.82 Å². The Kier molecular flexibility index (Phi) is 6.24. The van der Waals surface area contributed by atoms with Crippen LogP contribution in [0.2, 0.25) is 0 Å². The van der Waals surface area contributed by atoms with Crippen molar-refractivity contribution >= 4 is 15.8 Å². The maximum Gasteiger partial charge on any atom is 0.242 e. The molecule has 1 rings (SSSR count). The van der Waals surface area contributed by atoms with Gasteiger partial charge < -0.3 is 5.32 Å². The van der Waals surface area contributed by atoms with Gasteiger partial charge in [0.05, 0.1) is 0 Å². The van der Waals surface area contributed by atoms with Gasteiger partial charge in [-0.3, -0.25) is 0 Å². The first-order valence-corrected chi connectivity index (χ1v) is 8.07. The van der Waals surface area contributed by atoms with Crippen LogP contribution in [0.25, 0.3) is 0 Å². The minimum absolute atomic E-state index is 0.204. The molecule has 108 valence electrons. The number of anilines is 1. The molecule has 1 heterocycles. The van der Waals surface area contributed by atoms with Crippen molar-refractivity contribution in [2.45, 2.75) is 38.0 Å². The summed E-state index contributed by atoms with van der Waals surface area (Å²) < 4.78 is 26.5. The lowest BCUT2D eigenvalue weighted by atomic mass is 10.1. The van der Waals surface area contributed by atoms with Gasteiger partial charge in [0.15, 0.2) is 0 Å². The lowest BCUT2D eigenvalue weighted by molar-refractivity contribution is 0.530. The van der Waals surface area contributed by atoms with Gasteiger partial charge in [-0.1, -0.05) is 26.7 Å². The Morgan fingerprint density at radius 1 is 1.26 bits per heavy atom. The first-order chi connectivity index (χ1) is 8.95. The molecule has 0 amide bonds. The Balaban J connectivity index is 2.46. The van der Waals surface area contributed by atoms with Gasteiger partial charge in [0, 0.05) is 19.8 Å². The van der Waals surface area contributed by atoms with Crippen molar-refractivity contribution in [2.75, 3.05) is 18.9 Å². The standard InChI is InChI=1S/C13H23N3O2S/c1-11(2)6-4-5-9-16-19(17,18)12-7-8-13(14-3)15-10-12/h7-8,10-11,16H,4-6,9H2,1-3H3,(H,14,15). The van der Waals surface area contributed by atoms with Crippen molar-refractivity contribution in [2.24, 2.45) is 5.92 Å². The Morgan fingerprint density at radius 2 is 2.00 bits per heavy atom. The van der Waals surface area contributed by atoms with Crippen molar-refractivity contribution < 1.29 is 8.42 Å². The van der Waals surface area contributed by atoms with Gasteiger partial charge in [0.1, 0.15) is 10.7 Å². The Hall–Kier alpha value is -1.14. The maximum absolute atomic E-state index is 12.0. The van der Waals surface area contributed by atoms with Gasteiger partial charge in [-0.05, 0) is 24.5 Å². The Labute approximate surface area is 115 Å². The third-order valence-corrected chi connectivity index (χ3v) is 4.25. The van der Waals surface area contributed by atoms with Crippen molar-refractivity contribution in [3.8, 4) is 0 Å². The summed E-state index contributed by atoms with van der Waals surface area (Å²) in [5.74, 6) is 1.31. The number of aromatic nitrogens is 1. The van der Waals surface area contributed by atoms with Gasteiger partial charge >= 0.3 is 0 Å². The fraction of sp³-hybridized carbons (Fsp3) is 0.615. The summed E-state index contributed by atoms with van der Waals surface area (Å²) >= 11 is 0. The average Bonchev–Trinajstić information content (AvgIpc) is 2.38. The highest BCUT2D eigenvalue weighted by Crippen LogP contribution is 2.10. The molecule has 1 aromatic heterocycles. The van der Waals surface area contributed by atoms with Crippen molar-refractivity contribution in [3.05, 3.63) is 18.3 Å². The first kappa shape index (κ1) is 15.9. The van der Waals surface area contributed by atoms with Crippen LogP contribution in [0.3, 0.4) is 0 Å². The first-order valence-electron chi connectivity index (χ1n) is 6.59. The molecule has 0 saturated carbocycles. The summed E-state index contributed by atoms with van der Waals surface area (Å²) in [4.78, 5) is 4.20. The van der Waals surface area contributed by atoms with Crippen LogP contribution in [-0.4, -0.2) is 27.0 Å². The number of pyridine rings is 1. The number of rotatable bonds is 8. The summed E-state index contributed by atoms with van der Waals surface area (Å²) in [5.41, 5.74) is 0. The highest BCUT2D eigenvalue weighted by atomic mass is 32.2. The lowest BCUT2D eigenvalue weighted by Gasteiger charge is -2.08. The third-order valence-electron chi connectivity index (χ3n) is 2.80. The maximum atomic E-state index is 12.0. The molecule has 2 N–H and O–H groups in total. The molecule has 0 spiro atoms. The van der Waals surface area contributed by atoms with E-state index in [1.165, 1.54) is 6.20 Å². The van der Waals surface area contributed by atoms with Gasteiger partial charge in [-0.2, -0.15) is 0 Å². The predicted molar refractivity (Wildman–Crippen MR) is 77.7 cm³/mol. The smallest absolute Gasteiger partial charge is 0.242 e. The van der Waals surface area contributed by atoms with E-state index in [-0.39, 0.29) is 4.90 Å². The van der Waals surface area contributed by atoms with Crippen LogP contribution in [0.5, 0.6) is 0 Å². The third kappa shape index (κ3) is 5.57. The second-order valence-electron chi connectivity index (χ2n) is 4.92.